The van der Waals surface area contributed by atoms with E-state index in [2.05, 4.69) is 26.7 Å². The van der Waals surface area contributed by atoms with Crippen molar-refractivity contribution in [2.45, 2.75) is 13.3 Å². The van der Waals surface area contributed by atoms with Crippen LogP contribution in [0.5, 0.6) is 0 Å². The van der Waals surface area contributed by atoms with Gasteiger partial charge in [-0.2, -0.15) is 0 Å². The summed E-state index contributed by atoms with van der Waals surface area (Å²) in [7, 11) is 0. The lowest BCUT2D eigenvalue weighted by Crippen LogP contribution is -2.23. The van der Waals surface area contributed by atoms with Crippen LogP contribution in [0.2, 0.25) is 0 Å². The van der Waals surface area contributed by atoms with Crippen LogP contribution in [-0.2, 0) is 0 Å². The van der Waals surface area contributed by atoms with Crippen molar-refractivity contribution in [1.29, 1.82) is 0 Å². The van der Waals surface area contributed by atoms with Gasteiger partial charge in [-0.3, -0.25) is 4.79 Å². The number of aryl methyl sites for hydroxylation is 1. The Morgan fingerprint density at radius 3 is 3.12 bits per heavy atom. The fraction of sp³-hybridized carbons (Fsp3) is 0.455. The van der Waals surface area contributed by atoms with Gasteiger partial charge in [0, 0.05) is 19.2 Å². The van der Waals surface area contributed by atoms with E-state index in [4.69, 9.17) is 0 Å². The molecule has 1 aromatic heterocycles. The lowest BCUT2D eigenvalue weighted by Gasteiger charge is -2.14. The summed E-state index contributed by atoms with van der Waals surface area (Å²) < 4.78 is 0. The first-order valence-corrected chi connectivity index (χ1v) is 5.44. The van der Waals surface area contributed by atoms with Gasteiger partial charge in [0.1, 0.15) is 11.6 Å². The largest absolute Gasteiger partial charge is 0.366 e. The van der Waals surface area contributed by atoms with E-state index in [0.717, 1.165) is 26.1 Å². The molecule has 1 aromatic rings. The van der Waals surface area contributed by atoms with E-state index in [1.807, 2.05) is 0 Å². The van der Waals surface area contributed by atoms with Crippen LogP contribution in [0, 0.1) is 6.92 Å². The minimum atomic E-state index is -0.116. The van der Waals surface area contributed by atoms with E-state index in [1.165, 1.54) is 11.6 Å². The summed E-state index contributed by atoms with van der Waals surface area (Å²) in [5, 5.41) is 6.43. The Morgan fingerprint density at radius 1 is 1.56 bits per heavy atom. The number of nitrogens with one attached hydrogen (secondary N) is 3. The van der Waals surface area contributed by atoms with E-state index in [9.17, 15) is 4.79 Å². The monoisotopic (exact) mass is 220 g/mol. The maximum absolute atomic E-state index is 11.2. The molecule has 0 spiro atoms. The molecule has 86 valence electrons. The Bertz CT molecular complexity index is 450. The first kappa shape index (κ1) is 10.9. The van der Waals surface area contributed by atoms with E-state index in [1.54, 1.807) is 6.92 Å². The summed E-state index contributed by atoms with van der Waals surface area (Å²) >= 11 is 0. The number of hydrogen-bond acceptors (Lipinski definition) is 4. The third-order valence-electron chi connectivity index (χ3n) is 2.51. The summed E-state index contributed by atoms with van der Waals surface area (Å²) in [6.45, 7) is 4.49. The van der Waals surface area contributed by atoms with Gasteiger partial charge < -0.3 is 15.6 Å². The average molecular weight is 220 g/mol. The molecular weight excluding hydrogens is 204 g/mol. The smallest absolute Gasteiger partial charge is 0.252 e. The molecule has 0 aromatic carbocycles. The second kappa shape index (κ2) is 4.94. The van der Waals surface area contributed by atoms with Crippen LogP contribution < -0.4 is 16.2 Å². The lowest BCUT2D eigenvalue weighted by atomic mass is 10.1. The molecule has 1 aliphatic rings. The number of rotatable bonds is 3. The van der Waals surface area contributed by atoms with Crippen molar-refractivity contribution in [3.05, 3.63) is 33.9 Å². The molecule has 0 saturated carbocycles. The highest BCUT2D eigenvalue weighted by Crippen LogP contribution is 2.06. The molecule has 0 saturated heterocycles. The van der Waals surface area contributed by atoms with Crippen molar-refractivity contribution in [3.8, 4) is 0 Å². The number of hydrogen-bond donors (Lipinski definition) is 3. The van der Waals surface area contributed by atoms with Gasteiger partial charge in [-0.25, -0.2) is 4.98 Å². The van der Waals surface area contributed by atoms with Crippen molar-refractivity contribution in [2.24, 2.45) is 0 Å². The molecule has 5 heteroatoms. The molecule has 0 unspecified atom stereocenters. The summed E-state index contributed by atoms with van der Waals surface area (Å²) in [5.74, 6) is 1.27. The molecule has 0 amide bonds. The van der Waals surface area contributed by atoms with Crippen molar-refractivity contribution in [1.82, 2.24) is 15.3 Å². The molecule has 0 fully saturated rings. The summed E-state index contributed by atoms with van der Waals surface area (Å²) in [5.41, 5.74) is 1.24. The Balaban J connectivity index is 1.98. The quantitative estimate of drug-likeness (QED) is 0.645. The van der Waals surface area contributed by atoms with Gasteiger partial charge in [0.15, 0.2) is 0 Å². The summed E-state index contributed by atoms with van der Waals surface area (Å²) in [6.07, 6.45) is 3.23. The molecule has 0 bridgehead atoms. The fourth-order valence-electron chi connectivity index (χ4n) is 1.70. The van der Waals surface area contributed by atoms with Crippen molar-refractivity contribution >= 4 is 5.82 Å². The van der Waals surface area contributed by atoms with Crippen LogP contribution in [0.3, 0.4) is 0 Å². The van der Waals surface area contributed by atoms with Crippen LogP contribution >= 0.6 is 0 Å². The van der Waals surface area contributed by atoms with Gasteiger partial charge in [-0.05, 0) is 19.9 Å². The number of anilines is 1. The molecule has 0 radical (unpaired) electrons. The highest BCUT2D eigenvalue weighted by atomic mass is 16.1. The third-order valence-corrected chi connectivity index (χ3v) is 2.51. The predicted octanol–water partition coefficient (Wildman–Crippen LogP) is 0.410. The fourth-order valence-corrected chi connectivity index (χ4v) is 1.70. The molecule has 5 nitrogen and oxygen atoms in total. The highest BCUT2D eigenvalue weighted by molar-refractivity contribution is 5.35. The number of H-pyrrole nitrogens is 1. The van der Waals surface area contributed by atoms with E-state index in [0.29, 0.717) is 11.6 Å². The molecule has 2 rings (SSSR count). The second-order valence-electron chi connectivity index (χ2n) is 3.89. The van der Waals surface area contributed by atoms with Crippen LogP contribution in [-0.4, -0.2) is 29.6 Å². The highest BCUT2D eigenvalue weighted by Gasteiger charge is 2.03. The van der Waals surface area contributed by atoms with Gasteiger partial charge in [0.05, 0.1) is 0 Å². The first-order chi connectivity index (χ1) is 7.74. The van der Waals surface area contributed by atoms with Crippen LogP contribution in [0.25, 0.3) is 0 Å². The number of aromatic nitrogens is 2. The maximum Gasteiger partial charge on any atom is 0.252 e. The van der Waals surface area contributed by atoms with Crippen molar-refractivity contribution < 1.29 is 0 Å². The molecule has 2 heterocycles. The summed E-state index contributed by atoms with van der Waals surface area (Å²) in [6, 6.07) is 1.48. The van der Waals surface area contributed by atoms with Gasteiger partial charge >= 0.3 is 0 Å². The molecular formula is C11H16N4O. The van der Waals surface area contributed by atoms with Crippen LogP contribution in [0.4, 0.5) is 5.82 Å². The van der Waals surface area contributed by atoms with Gasteiger partial charge in [-0.1, -0.05) is 11.6 Å². The topological polar surface area (TPSA) is 69.8 Å². The lowest BCUT2D eigenvalue weighted by molar-refractivity contribution is 0.697. The zero-order chi connectivity index (χ0) is 11.4. The van der Waals surface area contributed by atoms with Crippen LogP contribution in [0.15, 0.2) is 22.5 Å². The first-order valence-electron chi connectivity index (χ1n) is 5.44. The van der Waals surface area contributed by atoms with Crippen molar-refractivity contribution in [3.63, 3.8) is 0 Å². The SMILES string of the molecule is Cc1nc(NCC2=CCNCC2)cc(=O)[nH]1. The standard InChI is InChI=1S/C11H16N4O/c1-8-14-10(6-11(16)15-8)13-7-9-2-4-12-5-3-9/h2,6,12H,3-5,7H2,1H3,(H2,13,14,15,16). The van der Waals surface area contributed by atoms with E-state index in [-0.39, 0.29) is 5.56 Å². The molecule has 3 N–H and O–H groups in total. The minimum absolute atomic E-state index is 0.116. The average Bonchev–Trinajstić information content (AvgIpc) is 2.27. The van der Waals surface area contributed by atoms with Gasteiger partial charge in [0.2, 0.25) is 0 Å². The van der Waals surface area contributed by atoms with E-state index >= 15 is 0 Å². The Labute approximate surface area is 94.0 Å². The van der Waals surface area contributed by atoms with Gasteiger partial charge in [-0.15, -0.1) is 0 Å². The number of aromatic amines is 1. The number of nitrogens with zero attached hydrogens (tertiary/aromatic N) is 1. The normalized spacial score (nSPS) is 15.7. The Kier molecular flexibility index (Phi) is 3.36. The summed E-state index contributed by atoms with van der Waals surface area (Å²) in [4.78, 5) is 18.0. The van der Waals surface area contributed by atoms with Crippen molar-refractivity contribution in [2.75, 3.05) is 25.0 Å². The van der Waals surface area contributed by atoms with Crippen LogP contribution in [0.1, 0.15) is 12.2 Å². The zero-order valence-electron chi connectivity index (χ0n) is 9.34. The Morgan fingerprint density at radius 2 is 2.44 bits per heavy atom. The molecule has 1 aliphatic heterocycles. The maximum atomic E-state index is 11.2. The predicted molar refractivity (Wildman–Crippen MR) is 63.7 cm³/mol. The molecule has 16 heavy (non-hydrogen) atoms. The minimum Gasteiger partial charge on any atom is -0.366 e. The second-order valence-corrected chi connectivity index (χ2v) is 3.89. The third kappa shape index (κ3) is 2.93. The molecule has 0 aliphatic carbocycles. The molecule has 0 atom stereocenters. The van der Waals surface area contributed by atoms with Gasteiger partial charge in [0.25, 0.3) is 5.56 Å². The Hall–Kier alpha value is -1.62. The zero-order valence-corrected chi connectivity index (χ0v) is 9.34. The van der Waals surface area contributed by atoms with E-state index < -0.39 is 0 Å².